The van der Waals surface area contributed by atoms with Crippen molar-refractivity contribution in [2.45, 2.75) is 39.2 Å². The Balaban J connectivity index is 1.66. The first-order valence-corrected chi connectivity index (χ1v) is 9.18. The van der Waals surface area contributed by atoms with Gasteiger partial charge in [0.15, 0.2) is 0 Å². The summed E-state index contributed by atoms with van der Waals surface area (Å²) in [7, 11) is 0. The lowest BCUT2D eigenvalue weighted by Crippen LogP contribution is -2.44. The molecule has 2 heterocycles. The number of hydrogen-bond donors (Lipinski definition) is 2. The number of amides is 4. The summed E-state index contributed by atoms with van der Waals surface area (Å²) < 4.78 is 8.27. The van der Waals surface area contributed by atoms with Crippen LogP contribution in [0.3, 0.4) is 0 Å². The summed E-state index contributed by atoms with van der Waals surface area (Å²) in [5.74, 6) is -0.407. The number of benzene rings is 1. The molecule has 1 saturated heterocycles. The molecule has 0 aromatic heterocycles. The standard InChI is InChI=1S/C17H21N5O3S/c1-10(2)7-8-17(3)15(24)22(16(25)19-17)9-13(23)18-11-5-4-6-12-14(11)21-26-20-12/h4-6,10H,7-9H2,1-3H3,(H,18,23)(H,19,25)/t17-/m0/s1. The topological polar surface area (TPSA) is 103 Å². The van der Waals surface area contributed by atoms with Gasteiger partial charge in [-0.15, -0.1) is 0 Å². The molecule has 1 atom stereocenters. The lowest BCUT2D eigenvalue weighted by Gasteiger charge is -2.22. The van der Waals surface area contributed by atoms with E-state index < -0.39 is 17.5 Å². The Morgan fingerprint density at radius 3 is 2.85 bits per heavy atom. The van der Waals surface area contributed by atoms with Crippen molar-refractivity contribution in [3.8, 4) is 0 Å². The van der Waals surface area contributed by atoms with E-state index in [1.54, 1.807) is 25.1 Å². The summed E-state index contributed by atoms with van der Waals surface area (Å²) in [6.07, 6.45) is 1.35. The number of nitrogens with zero attached hydrogens (tertiary/aromatic N) is 3. The zero-order chi connectivity index (χ0) is 18.9. The molecule has 0 aliphatic carbocycles. The molecule has 26 heavy (non-hydrogen) atoms. The predicted octanol–water partition coefficient (Wildman–Crippen LogP) is 3.10. The highest BCUT2D eigenvalue weighted by Gasteiger charge is 2.47. The van der Waals surface area contributed by atoms with Gasteiger partial charge in [-0.3, -0.25) is 14.5 Å². The molecule has 0 bridgehead atoms. The van der Waals surface area contributed by atoms with Crippen LogP contribution >= 0.6 is 0 Å². The number of urea groups is 1. The number of fused-ring (bicyclic) bond motifs is 1. The zero-order valence-corrected chi connectivity index (χ0v) is 15.7. The molecule has 2 aliphatic rings. The van der Waals surface area contributed by atoms with Gasteiger partial charge in [0.1, 0.15) is 23.5 Å². The Morgan fingerprint density at radius 2 is 2.12 bits per heavy atom. The van der Waals surface area contributed by atoms with E-state index in [9.17, 15) is 14.4 Å². The largest absolute Gasteiger partial charge is 0.325 e. The molecule has 8 nitrogen and oxygen atoms in total. The van der Waals surface area contributed by atoms with Crippen LogP contribution in [-0.4, -0.2) is 34.8 Å². The Labute approximate surface area is 155 Å². The number of hydrogen-bond acceptors (Lipinski definition) is 5. The first-order valence-electron chi connectivity index (χ1n) is 8.45. The maximum Gasteiger partial charge on any atom is 0.325 e. The van der Waals surface area contributed by atoms with E-state index in [0.29, 0.717) is 29.4 Å². The van der Waals surface area contributed by atoms with Crippen molar-refractivity contribution in [3.63, 3.8) is 0 Å². The van der Waals surface area contributed by atoms with Gasteiger partial charge in [-0.2, -0.15) is 8.73 Å². The third-order valence-electron chi connectivity index (χ3n) is 4.43. The average molecular weight is 375 g/mol. The van der Waals surface area contributed by atoms with Crippen LogP contribution in [0, 0.1) is 5.92 Å². The van der Waals surface area contributed by atoms with E-state index >= 15 is 0 Å². The average Bonchev–Trinajstić information content (AvgIpc) is 3.13. The number of carbonyl (C=O) groups excluding carboxylic acids is 3. The molecule has 1 aromatic rings. The van der Waals surface area contributed by atoms with E-state index in [4.69, 9.17) is 0 Å². The van der Waals surface area contributed by atoms with Gasteiger partial charge >= 0.3 is 6.03 Å². The second kappa shape index (κ2) is 6.99. The van der Waals surface area contributed by atoms with E-state index in [1.165, 1.54) is 0 Å². The van der Waals surface area contributed by atoms with Crippen LogP contribution in [0.5, 0.6) is 0 Å². The fourth-order valence-corrected chi connectivity index (χ4v) is 3.43. The van der Waals surface area contributed by atoms with Crippen molar-refractivity contribution in [2.24, 2.45) is 14.6 Å². The molecule has 1 aromatic carbocycles. The maximum atomic E-state index is 12.7. The molecule has 0 radical (unpaired) electrons. The van der Waals surface area contributed by atoms with Crippen LogP contribution in [0.1, 0.15) is 33.6 Å². The van der Waals surface area contributed by atoms with Gasteiger partial charge in [0.05, 0.1) is 17.0 Å². The van der Waals surface area contributed by atoms with Gasteiger partial charge in [0.25, 0.3) is 5.91 Å². The summed E-state index contributed by atoms with van der Waals surface area (Å²) in [5, 5.41) is 5.42. The molecule has 2 aliphatic heterocycles. The first-order chi connectivity index (χ1) is 12.3. The molecule has 138 valence electrons. The number of nitrogens with one attached hydrogen (secondary N) is 2. The highest BCUT2D eigenvalue weighted by molar-refractivity contribution is 7.58. The molecule has 0 saturated carbocycles. The Kier molecular flexibility index (Phi) is 4.90. The first kappa shape index (κ1) is 18.2. The fraction of sp³-hybridized carbons (Fsp3) is 0.471. The van der Waals surface area contributed by atoms with Gasteiger partial charge < -0.3 is 10.6 Å². The minimum atomic E-state index is -0.958. The molecule has 1 fully saturated rings. The molecule has 2 N–H and O–H groups in total. The molecule has 0 unspecified atom stereocenters. The third kappa shape index (κ3) is 3.52. The van der Waals surface area contributed by atoms with Crippen LogP contribution < -0.4 is 10.6 Å². The van der Waals surface area contributed by atoms with Crippen molar-refractivity contribution in [1.82, 2.24) is 10.2 Å². The van der Waals surface area contributed by atoms with Gasteiger partial charge in [0.2, 0.25) is 5.91 Å². The molecule has 0 spiro atoms. The summed E-state index contributed by atoms with van der Waals surface area (Å²) in [5.41, 5.74) is 0.824. The minimum Gasteiger partial charge on any atom is -0.323 e. The number of imide groups is 1. The highest BCUT2D eigenvalue weighted by atomic mass is 32.1. The Morgan fingerprint density at radius 1 is 1.35 bits per heavy atom. The van der Waals surface area contributed by atoms with Gasteiger partial charge in [-0.25, -0.2) is 4.79 Å². The number of anilines is 1. The molecule has 3 rings (SSSR count). The monoisotopic (exact) mass is 375 g/mol. The smallest absolute Gasteiger partial charge is 0.323 e. The molecule has 9 heteroatoms. The highest BCUT2D eigenvalue weighted by Crippen LogP contribution is 2.38. The van der Waals surface area contributed by atoms with Crippen molar-refractivity contribution >= 4 is 46.3 Å². The van der Waals surface area contributed by atoms with Crippen LogP contribution in [0.2, 0.25) is 0 Å². The lowest BCUT2D eigenvalue weighted by atomic mass is 9.92. The quantitative estimate of drug-likeness (QED) is 0.758. The van der Waals surface area contributed by atoms with Crippen molar-refractivity contribution < 1.29 is 14.4 Å². The molecular formula is C17H21N5O3S. The van der Waals surface area contributed by atoms with E-state index in [0.717, 1.165) is 22.7 Å². The number of rotatable bonds is 6. The Bertz CT molecular complexity index is 847. The van der Waals surface area contributed by atoms with E-state index in [1.807, 2.05) is 0 Å². The van der Waals surface area contributed by atoms with Crippen LogP contribution in [0.4, 0.5) is 21.9 Å². The summed E-state index contributed by atoms with van der Waals surface area (Å²) >= 11 is 1.06. The van der Waals surface area contributed by atoms with Crippen LogP contribution in [0.25, 0.3) is 0 Å². The summed E-state index contributed by atoms with van der Waals surface area (Å²) in [6, 6.07) is 4.73. The fourth-order valence-electron chi connectivity index (χ4n) is 2.88. The second-order valence-corrected chi connectivity index (χ2v) is 7.60. The maximum absolute atomic E-state index is 12.7. The normalized spacial score (nSPS) is 21.0. The minimum absolute atomic E-state index is 0.337. The SMILES string of the molecule is CC(C)CC[C@]1(C)NC(=O)N(CC(=O)Nc2cccc3c2N=S=N3)C1=O. The third-order valence-corrected chi connectivity index (χ3v) is 4.97. The van der Waals surface area contributed by atoms with Crippen molar-refractivity contribution in [3.05, 3.63) is 18.2 Å². The lowest BCUT2D eigenvalue weighted by molar-refractivity contribution is -0.133. The van der Waals surface area contributed by atoms with Crippen molar-refractivity contribution in [1.29, 1.82) is 0 Å². The van der Waals surface area contributed by atoms with E-state index in [-0.39, 0.29) is 12.5 Å². The Hall–Kier alpha value is -2.55. The predicted molar refractivity (Wildman–Crippen MR) is 99.3 cm³/mol. The van der Waals surface area contributed by atoms with Crippen molar-refractivity contribution in [2.75, 3.05) is 11.9 Å². The van der Waals surface area contributed by atoms with Gasteiger partial charge in [-0.1, -0.05) is 19.9 Å². The van der Waals surface area contributed by atoms with Crippen LogP contribution in [-0.2, 0) is 20.9 Å². The zero-order valence-electron chi connectivity index (χ0n) is 14.9. The van der Waals surface area contributed by atoms with Gasteiger partial charge in [0, 0.05) is 0 Å². The van der Waals surface area contributed by atoms with Gasteiger partial charge in [-0.05, 0) is 37.8 Å². The number of carbonyl (C=O) groups is 3. The summed E-state index contributed by atoms with van der Waals surface area (Å²) in [4.78, 5) is 38.2. The summed E-state index contributed by atoms with van der Waals surface area (Å²) in [6.45, 7) is 5.48. The molecular weight excluding hydrogens is 354 g/mol. The molecule has 4 amide bonds. The van der Waals surface area contributed by atoms with E-state index in [2.05, 4.69) is 33.2 Å². The van der Waals surface area contributed by atoms with Crippen LogP contribution in [0.15, 0.2) is 26.9 Å². The second-order valence-electron chi connectivity index (χ2n) is 7.07.